The van der Waals surface area contributed by atoms with Crippen molar-refractivity contribution in [3.05, 3.63) is 23.2 Å². The van der Waals surface area contributed by atoms with Crippen LogP contribution in [0.2, 0.25) is 0 Å². The van der Waals surface area contributed by atoms with Crippen molar-refractivity contribution in [2.24, 2.45) is 0 Å². The predicted molar refractivity (Wildman–Crippen MR) is 68.4 cm³/mol. The normalized spacial score (nSPS) is 10.1. The Bertz CT molecular complexity index is 583. The maximum atomic E-state index is 11.0. The van der Waals surface area contributed by atoms with Crippen LogP contribution in [0.25, 0.3) is 10.6 Å². The highest BCUT2D eigenvalue weighted by Gasteiger charge is 2.17. The van der Waals surface area contributed by atoms with Crippen LogP contribution in [0.3, 0.4) is 0 Å². The Hall–Kier alpha value is -2.15. The van der Waals surface area contributed by atoms with Gasteiger partial charge in [-0.25, -0.2) is 14.8 Å². The number of hydrogen-bond donors (Lipinski definition) is 2. The summed E-state index contributed by atoms with van der Waals surface area (Å²) in [5.41, 5.74) is 0.658. The Morgan fingerprint density at radius 1 is 1.56 bits per heavy atom. The average Bonchev–Trinajstić information content (AvgIpc) is 2.83. The van der Waals surface area contributed by atoms with Crippen LogP contribution < -0.4 is 10.1 Å². The quantitative estimate of drug-likeness (QED) is 0.879. The van der Waals surface area contributed by atoms with E-state index in [1.165, 1.54) is 7.11 Å². The van der Waals surface area contributed by atoms with Gasteiger partial charge in [-0.2, -0.15) is 0 Å². The summed E-state index contributed by atoms with van der Waals surface area (Å²) in [7, 11) is 3.16. The first-order valence-corrected chi connectivity index (χ1v) is 5.89. The number of rotatable bonds is 4. The van der Waals surface area contributed by atoms with Crippen LogP contribution in [0.15, 0.2) is 18.3 Å². The van der Waals surface area contributed by atoms with Crippen LogP contribution in [-0.4, -0.2) is 35.2 Å². The molecule has 0 radical (unpaired) electrons. The number of thiophene rings is 1. The van der Waals surface area contributed by atoms with Crippen LogP contribution in [0.1, 0.15) is 9.67 Å². The van der Waals surface area contributed by atoms with Crippen LogP contribution in [0, 0.1) is 0 Å². The summed E-state index contributed by atoms with van der Waals surface area (Å²) < 4.78 is 5.04. The summed E-state index contributed by atoms with van der Waals surface area (Å²) in [6.07, 6.45) is 1.61. The van der Waals surface area contributed by atoms with Crippen LogP contribution in [0.5, 0.6) is 5.75 Å². The largest absolute Gasteiger partial charge is 0.495 e. The van der Waals surface area contributed by atoms with E-state index in [2.05, 4.69) is 15.3 Å². The maximum Gasteiger partial charge on any atom is 0.349 e. The first-order valence-electron chi connectivity index (χ1n) is 5.08. The Labute approximate surface area is 107 Å². The molecule has 0 aliphatic rings. The second-order valence-electron chi connectivity index (χ2n) is 3.33. The van der Waals surface area contributed by atoms with Crippen molar-refractivity contribution < 1.29 is 14.6 Å². The van der Waals surface area contributed by atoms with Crippen molar-refractivity contribution in [1.82, 2.24) is 9.97 Å². The maximum absolute atomic E-state index is 11.0. The predicted octanol–water partition coefficient (Wildman–Crippen LogP) is 1.95. The minimum absolute atomic E-state index is 0.164. The zero-order chi connectivity index (χ0) is 13.1. The molecule has 94 valence electrons. The molecular weight excluding hydrogens is 254 g/mol. The summed E-state index contributed by atoms with van der Waals surface area (Å²) >= 11 is 1.12. The van der Waals surface area contributed by atoms with Gasteiger partial charge in [0.05, 0.1) is 17.7 Å². The number of carboxylic acid groups (broad SMARTS) is 1. The molecule has 18 heavy (non-hydrogen) atoms. The molecule has 2 heterocycles. The Kier molecular flexibility index (Phi) is 3.42. The molecule has 2 N–H and O–H groups in total. The molecule has 2 aromatic rings. The zero-order valence-corrected chi connectivity index (χ0v) is 10.6. The summed E-state index contributed by atoms with van der Waals surface area (Å²) in [4.78, 5) is 20.2. The summed E-state index contributed by atoms with van der Waals surface area (Å²) in [6.45, 7) is 0. The van der Waals surface area contributed by atoms with Crippen molar-refractivity contribution in [2.45, 2.75) is 0 Å². The minimum atomic E-state index is -1.01. The lowest BCUT2D eigenvalue weighted by atomic mass is 10.3. The number of nitrogens with one attached hydrogen (secondary N) is 1. The molecule has 0 aliphatic heterocycles. The van der Waals surface area contributed by atoms with E-state index in [1.807, 2.05) is 0 Å². The minimum Gasteiger partial charge on any atom is -0.495 e. The van der Waals surface area contributed by atoms with Gasteiger partial charge in [0.2, 0.25) is 5.95 Å². The number of hydrogen-bond acceptors (Lipinski definition) is 6. The van der Waals surface area contributed by atoms with E-state index in [-0.39, 0.29) is 4.88 Å². The monoisotopic (exact) mass is 265 g/mol. The molecule has 6 nitrogen and oxygen atoms in total. The third-order valence-corrected chi connectivity index (χ3v) is 3.37. The van der Waals surface area contributed by atoms with Crippen molar-refractivity contribution in [3.63, 3.8) is 0 Å². The van der Waals surface area contributed by atoms with Gasteiger partial charge in [0.1, 0.15) is 5.75 Å². The molecule has 0 spiro atoms. The van der Waals surface area contributed by atoms with Gasteiger partial charge < -0.3 is 15.2 Å². The van der Waals surface area contributed by atoms with Gasteiger partial charge in [-0.05, 0) is 6.07 Å². The molecule has 0 saturated carbocycles. The SMILES string of the molecule is CNc1nccc(-c2cc(OC)c(C(=O)O)s2)n1. The van der Waals surface area contributed by atoms with Crippen molar-refractivity contribution >= 4 is 23.3 Å². The van der Waals surface area contributed by atoms with E-state index < -0.39 is 5.97 Å². The van der Waals surface area contributed by atoms with Gasteiger partial charge in [0.15, 0.2) is 4.88 Å². The average molecular weight is 265 g/mol. The number of methoxy groups -OCH3 is 1. The van der Waals surface area contributed by atoms with E-state index in [0.29, 0.717) is 17.4 Å². The first kappa shape index (κ1) is 12.3. The van der Waals surface area contributed by atoms with E-state index in [1.54, 1.807) is 25.4 Å². The topological polar surface area (TPSA) is 84.3 Å². The second-order valence-corrected chi connectivity index (χ2v) is 4.38. The van der Waals surface area contributed by atoms with Gasteiger partial charge in [0.25, 0.3) is 0 Å². The zero-order valence-electron chi connectivity index (χ0n) is 9.80. The fraction of sp³-hybridized carbons (Fsp3) is 0.182. The van der Waals surface area contributed by atoms with Gasteiger partial charge in [-0.1, -0.05) is 0 Å². The second kappa shape index (κ2) is 5.01. The van der Waals surface area contributed by atoms with Crippen molar-refractivity contribution in [3.8, 4) is 16.3 Å². The lowest BCUT2D eigenvalue weighted by Gasteiger charge is -1.99. The van der Waals surface area contributed by atoms with E-state index in [4.69, 9.17) is 9.84 Å². The van der Waals surface area contributed by atoms with E-state index in [9.17, 15) is 4.79 Å². The molecule has 0 amide bonds. The molecule has 0 fully saturated rings. The summed E-state index contributed by atoms with van der Waals surface area (Å²) in [6, 6.07) is 3.38. The van der Waals surface area contributed by atoms with E-state index >= 15 is 0 Å². The van der Waals surface area contributed by atoms with Crippen molar-refractivity contribution in [1.29, 1.82) is 0 Å². The smallest absolute Gasteiger partial charge is 0.349 e. The number of aromatic carboxylic acids is 1. The molecule has 2 aromatic heterocycles. The number of ether oxygens (including phenoxy) is 1. The third-order valence-electron chi connectivity index (χ3n) is 2.24. The van der Waals surface area contributed by atoms with Gasteiger partial charge >= 0.3 is 5.97 Å². The third kappa shape index (κ3) is 2.25. The summed E-state index contributed by atoms with van der Waals surface area (Å²) in [5, 5.41) is 11.9. The van der Waals surface area contributed by atoms with Gasteiger partial charge in [-0.15, -0.1) is 11.3 Å². The first-order chi connectivity index (χ1) is 8.65. The molecule has 0 unspecified atom stereocenters. The lowest BCUT2D eigenvalue weighted by Crippen LogP contribution is -1.95. The van der Waals surface area contributed by atoms with Gasteiger partial charge in [-0.3, -0.25) is 0 Å². The molecule has 0 saturated heterocycles. The highest BCUT2D eigenvalue weighted by atomic mass is 32.1. The van der Waals surface area contributed by atoms with Crippen LogP contribution >= 0.6 is 11.3 Å². The molecular formula is C11H11N3O3S. The molecule has 0 atom stereocenters. The van der Waals surface area contributed by atoms with Crippen LogP contribution in [0.4, 0.5) is 5.95 Å². The molecule has 0 aromatic carbocycles. The molecule has 0 aliphatic carbocycles. The fourth-order valence-corrected chi connectivity index (χ4v) is 2.35. The Balaban J connectivity index is 2.47. The Morgan fingerprint density at radius 3 is 2.89 bits per heavy atom. The lowest BCUT2D eigenvalue weighted by molar-refractivity contribution is 0.0699. The van der Waals surface area contributed by atoms with Crippen LogP contribution in [-0.2, 0) is 0 Å². The highest BCUT2D eigenvalue weighted by molar-refractivity contribution is 7.17. The standard InChI is InChI=1S/C11H11N3O3S/c1-12-11-13-4-3-6(14-11)8-5-7(17-2)9(18-8)10(15)16/h3-5H,1-2H3,(H,15,16)(H,12,13,14). The van der Waals surface area contributed by atoms with Crippen molar-refractivity contribution in [2.75, 3.05) is 19.5 Å². The number of carbonyl (C=O) groups is 1. The number of nitrogens with zero attached hydrogens (tertiary/aromatic N) is 2. The fourth-order valence-electron chi connectivity index (χ4n) is 1.42. The van der Waals surface area contributed by atoms with E-state index in [0.717, 1.165) is 16.2 Å². The Morgan fingerprint density at radius 2 is 2.33 bits per heavy atom. The summed E-state index contributed by atoms with van der Waals surface area (Å²) in [5.74, 6) is -0.185. The molecule has 7 heteroatoms. The highest BCUT2D eigenvalue weighted by Crippen LogP contribution is 2.35. The number of carboxylic acids is 1. The number of aromatic nitrogens is 2. The van der Waals surface area contributed by atoms with Gasteiger partial charge in [0, 0.05) is 19.3 Å². The molecule has 0 bridgehead atoms. The number of anilines is 1. The molecule has 2 rings (SSSR count).